The van der Waals surface area contributed by atoms with Gasteiger partial charge < -0.3 is 11.8 Å². The molecule has 0 aliphatic carbocycles. The van der Waals surface area contributed by atoms with Crippen LogP contribution in [0.3, 0.4) is 0 Å². The van der Waals surface area contributed by atoms with E-state index in [-0.39, 0.29) is 0 Å². The Morgan fingerprint density at radius 1 is 0.917 bits per heavy atom. The summed E-state index contributed by atoms with van der Waals surface area (Å²) < 4.78 is 0. The Bertz CT molecular complexity index is 393. The molecule has 0 saturated carbocycles. The van der Waals surface area contributed by atoms with Crippen molar-refractivity contribution in [3.05, 3.63) is 48.7 Å². The van der Waals surface area contributed by atoms with E-state index in [1.165, 1.54) is 27.4 Å². The van der Waals surface area contributed by atoms with Crippen LogP contribution in [0.15, 0.2) is 47.4 Å². The predicted octanol–water partition coefficient (Wildman–Crippen LogP) is 3.72. The first-order valence-electron chi connectivity index (χ1n) is 3.81. The van der Waals surface area contributed by atoms with Crippen molar-refractivity contribution in [2.24, 2.45) is 0 Å². The third kappa shape index (κ3) is 1.32. The van der Waals surface area contributed by atoms with Crippen LogP contribution >= 0.6 is 11.8 Å². The van der Waals surface area contributed by atoms with Gasteiger partial charge in [0.25, 0.3) is 0 Å². The van der Waals surface area contributed by atoms with Crippen LogP contribution in [0.5, 0.6) is 0 Å². The number of hydrogen-bond donors (Lipinski definition) is 0. The summed E-state index contributed by atoms with van der Waals surface area (Å²) in [5.74, 6) is 0. The predicted molar refractivity (Wildman–Crippen MR) is 55.2 cm³/mol. The van der Waals surface area contributed by atoms with Gasteiger partial charge in [-0.25, -0.2) is 0 Å². The second-order valence-corrected chi connectivity index (χ2v) is 3.41. The summed E-state index contributed by atoms with van der Waals surface area (Å²) in [5, 5.41) is 2.57. The molecule has 0 radical (unpaired) electrons. The number of thioether (sulfide) groups is 1. The van der Waals surface area contributed by atoms with Crippen molar-refractivity contribution in [1.29, 1.82) is 0 Å². The van der Waals surface area contributed by atoms with Crippen LogP contribution in [0.25, 0.3) is 10.8 Å². The molecule has 0 fully saturated rings. The van der Waals surface area contributed by atoms with Gasteiger partial charge in [-0.1, -0.05) is 36.4 Å². The molecule has 0 saturated heterocycles. The molecular weight excluding hydrogens is 164 g/mol. The Morgan fingerprint density at radius 2 is 1.67 bits per heavy atom. The van der Waals surface area contributed by atoms with Gasteiger partial charge >= 0.3 is 0 Å². The van der Waals surface area contributed by atoms with Crippen LogP contribution in [-0.4, -0.2) is 0 Å². The van der Waals surface area contributed by atoms with E-state index in [1.54, 1.807) is 0 Å². The minimum absolute atomic E-state index is 1.22. The van der Waals surface area contributed by atoms with E-state index < -0.39 is 0 Å². The molecule has 60 valence electrons. The fraction of sp³-hybridized carbons (Fsp3) is 0. The maximum Gasteiger partial charge on any atom is -0.0174 e. The Balaban J connectivity index is 2.67. The highest BCUT2D eigenvalue weighted by Crippen LogP contribution is 2.22. The summed E-state index contributed by atoms with van der Waals surface area (Å²) in [6.45, 7) is 0. The van der Waals surface area contributed by atoms with Crippen molar-refractivity contribution in [2.75, 3.05) is 0 Å². The van der Waals surface area contributed by atoms with E-state index >= 15 is 0 Å². The van der Waals surface area contributed by atoms with E-state index in [4.69, 9.17) is 0 Å². The van der Waals surface area contributed by atoms with Gasteiger partial charge in [0.2, 0.25) is 0 Å². The molecule has 0 aliphatic heterocycles. The van der Waals surface area contributed by atoms with E-state index in [0.717, 1.165) is 0 Å². The second-order valence-electron chi connectivity index (χ2n) is 2.65. The van der Waals surface area contributed by atoms with Gasteiger partial charge in [-0.15, -0.1) is 0 Å². The number of rotatable bonds is 1. The van der Waals surface area contributed by atoms with Crippen LogP contribution in [0.4, 0.5) is 0 Å². The van der Waals surface area contributed by atoms with Crippen LogP contribution in [0, 0.1) is 6.26 Å². The molecule has 0 heterocycles. The fourth-order valence-electron chi connectivity index (χ4n) is 1.26. The molecule has 0 unspecified atom stereocenters. The summed E-state index contributed by atoms with van der Waals surface area (Å²) in [5.41, 5.74) is 0. The summed E-state index contributed by atoms with van der Waals surface area (Å²) in [7, 11) is 0. The largest absolute Gasteiger partial charge is 0.319 e. The van der Waals surface area contributed by atoms with Gasteiger partial charge in [0.1, 0.15) is 0 Å². The Labute approximate surface area is 76.6 Å². The van der Waals surface area contributed by atoms with Gasteiger partial charge in [0.15, 0.2) is 0 Å². The van der Waals surface area contributed by atoms with E-state index in [2.05, 4.69) is 48.7 Å². The SMILES string of the molecule is [CH2-]Sc1ccc2ccccc2c1. The van der Waals surface area contributed by atoms with Crippen molar-refractivity contribution in [2.45, 2.75) is 4.90 Å². The van der Waals surface area contributed by atoms with E-state index in [0.29, 0.717) is 0 Å². The van der Waals surface area contributed by atoms with Crippen molar-refractivity contribution in [3.63, 3.8) is 0 Å². The normalized spacial score (nSPS) is 10.4. The first-order valence-corrected chi connectivity index (χ1v) is 4.79. The highest BCUT2D eigenvalue weighted by Gasteiger charge is 1.90. The van der Waals surface area contributed by atoms with Gasteiger partial charge in [0.05, 0.1) is 0 Å². The molecule has 0 N–H and O–H groups in total. The monoisotopic (exact) mass is 173 g/mol. The lowest BCUT2D eigenvalue weighted by atomic mass is 10.1. The minimum Gasteiger partial charge on any atom is -0.319 e. The van der Waals surface area contributed by atoms with Crippen molar-refractivity contribution >= 4 is 22.5 Å². The lowest BCUT2D eigenvalue weighted by Crippen LogP contribution is -1.72. The molecule has 12 heavy (non-hydrogen) atoms. The van der Waals surface area contributed by atoms with Crippen molar-refractivity contribution in [1.82, 2.24) is 0 Å². The zero-order chi connectivity index (χ0) is 8.39. The first-order chi connectivity index (χ1) is 5.90. The summed E-state index contributed by atoms with van der Waals surface area (Å²) >= 11 is 1.53. The molecule has 2 aromatic rings. The molecule has 0 nitrogen and oxygen atoms in total. The summed E-state index contributed by atoms with van der Waals surface area (Å²) in [4.78, 5) is 1.22. The lowest BCUT2D eigenvalue weighted by Gasteiger charge is -2.03. The zero-order valence-electron chi connectivity index (χ0n) is 6.66. The Kier molecular flexibility index (Phi) is 2.05. The smallest absolute Gasteiger partial charge is 0.0174 e. The fourth-order valence-corrected chi connectivity index (χ4v) is 1.63. The van der Waals surface area contributed by atoms with Crippen molar-refractivity contribution < 1.29 is 0 Å². The molecule has 2 rings (SSSR count). The van der Waals surface area contributed by atoms with Crippen LogP contribution in [0.1, 0.15) is 0 Å². The van der Waals surface area contributed by atoms with Gasteiger partial charge in [-0.2, -0.15) is 0 Å². The first kappa shape index (κ1) is 7.69. The van der Waals surface area contributed by atoms with Crippen LogP contribution in [-0.2, 0) is 0 Å². The second kappa shape index (κ2) is 3.20. The molecule has 1 heteroatoms. The lowest BCUT2D eigenvalue weighted by molar-refractivity contribution is 1.52. The third-order valence-corrected chi connectivity index (χ3v) is 2.47. The number of benzene rings is 2. The maximum atomic E-state index is 3.78. The molecular formula is C11H9S-. The minimum atomic E-state index is 1.22. The molecule has 0 amide bonds. The Hall–Kier alpha value is -0.950. The number of hydrogen-bond acceptors (Lipinski definition) is 1. The highest BCUT2D eigenvalue weighted by atomic mass is 32.2. The summed E-state index contributed by atoms with van der Waals surface area (Å²) in [6.07, 6.45) is 3.78. The molecule has 0 aromatic heterocycles. The average Bonchev–Trinajstić information content (AvgIpc) is 2.17. The third-order valence-electron chi connectivity index (χ3n) is 1.89. The van der Waals surface area contributed by atoms with Crippen LogP contribution in [0.2, 0.25) is 0 Å². The average molecular weight is 173 g/mol. The van der Waals surface area contributed by atoms with E-state index in [9.17, 15) is 0 Å². The molecule has 0 aliphatic rings. The van der Waals surface area contributed by atoms with Gasteiger partial charge in [-0.05, 0) is 21.7 Å². The maximum absolute atomic E-state index is 3.78. The van der Waals surface area contributed by atoms with E-state index in [1.807, 2.05) is 0 Å². The topological polar surface area (TPSA) is 0 Å². The number of fused-ring (bicyclic) bond motifs is 1. The van der Waals surface area contributed by atoms with Gasteiger partial charge in [0, 0.05) is 0 Å². The molecule has 0 bridgehead atoms. The van der Waals surface area contributed by atoms with Crippen molar-refractivity contribution in [3.8, 4) is 0 Å². The highest BCUT2D eigenvalue weighted by molar-refractivity contribution is 8.00. The summed E-state index contributed by atoms with van der Waals surface area (Å²) in [6, 6.07) is 14.7. The molecule has 2 aromatic carbocycles. The quantitative estimate of drug-likeness (QED) is 0.468. The molecule has 0 atom stereocenters. The Morgan fingerprint density at radius 3 is 2.42 bits per heavy atom. The van der Waals surface area contributed by atoms with Crippen LogP contribution < -0.4 is 0 Å². The van der Waals surface area contributed by atoms with Gasteiger partial charge in [-0.3, -0.25) is 6.26 Å². The zero-order valence-corrected chi connectivity index (χ0v) is 7.47. The standard InChI is InChI=1S/C11H9S/c1-12-11-7-6-9-4-2-3-5-10(9)8-11/h2-8H,1H2/q-1. The molecule has 0 spiro atoms.